The highest BCUT2D eigenvalue weighted by Crippen LogP contribution is 2.32. The lowest BCUT2D eigenvalue weighted by Crippen LogP contribution is -2.09. The third-order valence-corrected chi connectivity index (χ3v) is 4.13. The monoisotopic (exact) mass is 368 g/mol. The summed E-state index contributed by atoms with van der Waals surface area (Å²) in [4.78, 5) is 7.38. The molecule has 0 aliphatic rings. The fraction of sp³-hybridized carbons (Fsp3) is 0.133. The fourth-order valence-corrected chi connectivity index (χ4v) is 2.63. The lowest BCUT2D eigenvalue weighted by molar-refractivity contribution is -0.141. The Bertz CT molecular complexity index is 998. The first kappa shape index (κ1) is 17.1. The summed E-state index contributed by atoms with van der Waals surface area (Å²) in [5.41, 5.74) is -0.262. The molecule has 0 bridgehead atoms. The average molecular weight is 368 g/mol. The van der Waals surface area contributed by atoms with Gasteiger partial charge in [-0.3, -0.25) is 0 Å². The van der Waals surface area contributed by atoms with Gasteiger partial charge in [0.2, 0.25) is 15.0 Å². The molecule has 0 saturated carbocycles. The van der Waals surface area contributed by atoms with Gasteiger partial charge in [-0.15, -0.1) is 0 Å². The number of halogens is 3. The molecule has 1 aromatic carbocycles. The lowest BCUT2D eigenvalue weighted by Gasteiger charge is -2.07. The maximum absolute atomic E-state index is 13.0. The van der Waals surface area contributed by atoms with E-state index in [1.54, 1.807) is 30.3 Å². The largest absolute Gasteiger partial charge is 0.435 e. The molecule has 0 amide bonds. The number of nitrogens with zero attached hydrogens (tertiary/aromatic N) is 4. The Balaban J connectivity index is 2.16. The number of aromatic nitrogens is 4. The Kier molecular flexibility index (Phi) is 4.07. The second-order valence-corrected chi connectivity index (χ2v) is 7.10. The van der Waals surface area contributed by atoms with E-state index in [1.807, 2.05) is 0 Å². The van der Waals surface area contributed by atoms with Gasteiger partial charge in [-0.2, -0.15) is 18.3 Å². The molecule has 0 fully saturated rings. The minimum atomic E-state index is -4.62. The molecule has 0 aliphatic heterocycles. The van der Waals surface area contributed by atoms with Crippen molar-refractivity contribution < 1.29 is 21.6 Å². The lowest BCUT2D eigenvalue weighted by atomic mass is 10.1. The highest BCUT2D eigenvalue weighted by Gasteiger charge is 2.35. The van der Waals surface area contributed by atoms with Gasteiger partial charge in [0.25, 0.3) is 0 Å². The Hall–Kier alpha value is -2.75. The van der Waals surface area contributed by atoms with Crippen molar-refractivity contribution in [2.75, 3.05) is 6.26 Å². The van der Waals surface area contributed by atoms with Crippen LogP contribution in [0, 0.1) is 0 Å². The van der Waals surface area contributed by atoms with Gasteiger partial charge in [-0.25, -0.2) is 23.1 Å². The Labute approximate surface area is 140 Å². The molecule has 25 heavy (non-hydrogen) atoms. The summed E-state index contributed by atoms with van der Waals surface area (Å²) in [5, 5.41) is 3.17. The van der Waals surface area contributed by atoms with Crippen molar-refractivity contribution in [3.63, 3.8) is 0 Å². The molecule has 0 spiro atoms. The summed E-state index contributed by atoms with van der Waals surface area (Å²) in [6, 6.07) is 9.30. The van der Waals surface area contributed by atoms with E-state index in [4.69, 9.17) is 0 Å². The molecule has 0 radical (unpaired) electrons. The van der Waals surface area contributed by atoms with Crippen molar-refractivity contribution in [3.8, 4) is 16.9 Å². The highest BCUT2D eigenvalue weighted by atomic mass is 32.2. The maximum atomic E-state index is 13.0. The highest BCUT2D eigenvalue weighted by molar-refractivity contribution is 7.90. The van der Waals surface area contributed by atoms with Gasteiger partial charge in [0.05, 0.1) is 18.1 Å². The first-order chi connectivity index (χ1) is 11.7. The number of alkyl halides is 3. The van der Waals surface area contributed by atoms with Gasteiger partial charge in [-0.1, -0.05) is 30.3 Å². The van der Waals surface area contributed by atoms with Gasteiger partial charge in [0.15, 0.2) is 5.69 Å². The number of rotatable bonds is 3. The van der Waals surface area contributed by atoms with Gasteiger partial charge in [0, 0.05) is 11.8 Å². The van der Waals surface area contributed by atoms with Gasteiger partial charge in [-0.05, 0) is 6.07 Å². The van der Waals surface area contributed by atoms with E-state index >= 15 is 0 Å². The second-order valence-electron chi connectivity index (χ2n) is 5.19. The zero-order valence-electron chi connectivity index (χ0n) is 12.8. The number of hydrogen-bond donors (Lipinski definition) is 0. The molecule has 6 nitrogen and oxygen atoms in total. The molecule has 0 atom stereocenters. The minimum absolute atomic E-state index is 0.113. The van der Waals surface area contributed by atoms with Crippen LogP contribution in [0.1, 0.15) is 5.69 Å². The van der Waals surface area contributed by atoms with Crippen LogP contribution in [0.15, 0.2) is 53.9 Å². The molecule has 2 heterocycles. The van der Waals surface area contributed by atoms with Crippen molar-refractivity contribution in [1.29, 1.82) is 0 Å². The first-order valence-electron chi connectivity index (χ1n) is 6.91. The van der Waals surface area contributed by atoms with E-state index in [2.05, 4.69) is 15.1 Å². The normalized spacial score (nSPS) is 12.3. The van der Waals surface area contributed by atoms with Crippen LogP contribution in [0.4, 0.5) is 13.2 Å². The summed E-state index contributed by atoms with van der Waals surface area (Å²) in [5.74, 6) is 0. The van der Waals surface area contributed by atoms with E-state index in [-0.39, 0.29) is 11.4 Å². The van der Waals surface area contributed by atoms with Crippen LogP contribution in [0.3, 0.4) is 0 Å². The molecular weight excluding hydrogens is 357 g/mol. The van der Waals surface area contributed by atoms with Crippen molar-refractivity contribution >= 4 is 9.84 Å². The molecule has 0 saturated heterocycles. The van der Waals surface area contributed by atoms with Crippen molar-refractivity contribution in [2.24, 2.45) is 0 Å². The van der Waals surface area contributed by atoms with Gasteiger partial charge >= 0.3 is 6.18 Å². The van der Waals surface area contributed by atoms with Crippen LogP contribution in [0.5, 0.6) is 0 Å². The standard InChI is InChI=1S/C15H11F3N4O2S/c1-25(23,24)14-19-8-11(9-20-14)22-12(10-5-3-2-4-6-10)7-13(21-22)15(16,17)18/h2-9H,1H3. The van der Waals surface area contributed by atoms with Crippen molar-refractivity contribution in [3.05, 3.63) is 54.5 Å². The molecular formula is C15H11F3N4O2S. The molecule has 3 aromatic rings. The van der Waals surface area contributed by atoms with Crippen LogP contribution >= 0.6 is 0 Å². The summed E-state index contributed by atoms with van der Waals surface area (Å²) < 4.78 is 63.0. The molecule has 3 rings (SSSR count). The van der Waals surface area contributed by atoms with Crippen molar-refractivity contribution in [1.82, 2.24) is 19.7 Å². The topological polar surface area (TPSA) is 77.7 Å². The van der Waals surface area contributed by atoms with E-state index in [0.29, 0.717) is 5.56 Å². The zero-order chi connectivity index (χ0) is 18.2. The molecule has 0 N–H and O–H groups in total. The van der Waals surface area contributed by atoms with E-state index < -0.39 is 26.9 Å². The van der Waals surface area contributed by atoms with Crippen LogP contribution in [-0.4, -0.2) is 34.4 Å². The molecule has 0 aliphatic carbocycles. The summed E-state index contributed by atoms with van der Waals surface area (Å²) >= 11 is 0. The predicted octanol–water partition coefficient (Wildman–Crippen LogP) is 2.75. The summed E-state index contributed by atoms with van der Waals surface area (Å²) in [6.07, 6.45) is -1.46. The van der Waals surface area contributed by atoms with E-state index in [9.17, 15) is 21.6 Å². The smallest absolute Gasteiger partial charge is 0.229 e. The molecule has 10 heteroatoms. The SMILES string of the molecule is CS(=O)(=O)c1ncc(-n2nc(C(F)(F)F)cc2-c2ccccc2)cn1. The molecule has 130 valence electrons. The van der Waals surface area contributed by atoms with Crippen LogP contribution < -0.4 is 0 Å². The fourth-order valence-electron chi connectivity index (χ4n) is 2.14. The maximum Gasteiger partial charge on any atom is 0.435 e. The number of hydrogen-bond acceptors (Lipinski definition) is 5. The van der Waals surface area contributed by atoms with Crippen LogP contribution in [0.25, 0.3) is 16.9 Å². The predicted molar refractivity (Wildman–Crippen MR) is 82.7 cm³/mol. The molecule has 0 unspecified atom stereocenters. The third-order valence-electron chi connectivity index (χ3n) is 3.26. The Morgan fingerprint density at radius 1 is 1.04 bits per heavy atom. The zero-order valence-corrected chi connectivity index (χ0v) is 13.6. The third kappa shape index (κ3) is 3.53. The summed E-state index contributed by atoms with van der Waals surface area (Å²) in [7, 11) is -3.61. The van der Waals surface area contributed by atoms with Crippen molar-refractivity contribution in [2.45, 2.75) is 11.3 Å². The first-order valence-corrected chi connectivity index (χ1v) is 8.80. The Morgan fingerprint density at radius 2 is 1.64 bits per heavy atom. The van der Waals surface area contributed by atoms with Crippen LogP contribution in [0.2, 0.25) is 0 Å². The number of sulfone groups is 1. The quantitative estimate of drug-likeness (QED) is 0.665. The van der Waals surface area contributed by atoms with Crippen LogP contribution in [-0.2, 0) is 16.0 Å². The van der Waals surface area contributed by atoms with E-state index in [0.717, 1.165) is 29.4 Å². The van der Waals surface area contributed by atoms with Gasteiger partial charge in [0.1, 0.15) is 5.69 Å². The minimum Gasteiger partial charge on any atom is -0.229 e. The average Bonchev–Trinajstić information content (AvgIpc) is 3.00. The second kappa shape index (κ2) is 5.96. The van der Waals surface area contributed by atoms with E-state index in [1.165, 1.54) is 0 Å². The summed E-state index contributed by atoms with van der Waals surface area (Å²) in [6.45, 7) is 0. The van der Waals surface area contributed by atoms with Gasteiger partial charge < -0.3 is 0 Å². The Morgan fingerprint density at radius 3 is 2.16 bits per heavy atom. The number of benzene rings is 1. The molecule has 2 aromatic heterocycles.